The molecule has 1 N–H and O–H groups in total. The number of carbonyl (C=O) groups excluding carboxylic acids is 1. The van der Waals surface area contributed by atoms with Crippen molar-refractivity contribution < 1.29 is 9.63 Å². The number of carbonyl (C=O) groups is 1. The van der Waals surface area contributed by atoms with E-state index in [4.69, 9.17) is 4.84 Å². The summed E-state index contributed by atoms with van der Waals surface area (Å²) >= 11 is 0. The van der Waals surface area contributed by atoms with Gasteiger partial charge in [-0.25, -0.2) is 0 Å². The van der Waals surface area contributed by atoms with Crippen LogP contribution in [-0.4, -0.2) is 41.1 Å². The summed E-state index contributed by atoms with van der Waals surface area (Å²) in [6, 6.07) is 0. The highest BCUT2D eigenvalue weighted by atomic mass is 16.7. The molecule has 0 aromatic heterocycles. The minimum Gasteiger partial charge on any atom is -0.313 e. The predicted molar refractivity (Wildman–Crippen MR) is 89.5 cm³/mol. The smallest absolute Gasteiger partial charge is 0.167 e. The van der Waals surface area contributed by atoms with E-state index in [2.05, 4.69) is 58.8 Å². The molecule has 1 heterocycles. The van der Waals surface area contributed by atoms with Gasteiger partial charge in [0.05, 0.1) is 11.1 Å². The maximum atomic E-state index is 12.9. The van der Waals surface area contributed by atoms with E-state index in [0.29, 0.717) is 17.6 Å². The molecule has 1 aliphatic carbocycles. The minimum atomic E-state index is -0.294. The number of hydrogen-bond donors (Lipinski definition) is 1. The molecule has 0 aromatic rings. The maximum absolute atomic E-state index is 12.9. The third-order valence-corrected chi connectivity index (χ3v) is 5.33. The molecule has 3 atom stereocenters. The number of piperazine rings is 1. The number of rotatable bonds is 3. The summed E-state index contributed by atoms with van der Waals surface area (Å²) in [6.07, 6.45) is 1.79. The number of ketones is 1. The first-order valence-corrected chi connectivity index (χ1v) is 8.78. The number of hydroxylamine groups is 2. The van der Waals surface area contributed by atoms with Crippen molar-refractivity contribution in [2.24, 2.45) is 17.8 Å². The van der Waals surface area contributed by atoms with Crippen LogP contribution in [0.1, 0.15) is 61.3 Å². The molecule has 0 spiro atoms. The van der Waals surface area contributed by atoms with Gasteiger partial charge in [0.15, 0.2) is 5.78 Å². The molecule has 2 aliphatic rings. The Labute approximate surface area is 135 Å². The molecule has 1 saturated heterocycles. The van der Waals surface area contributed by atoms with E-state index in [1.165, 1.54) is 0 Å². The van der Waals surface area contributed by atoms with Crippen LogP contribution in [0, 0.1) is 17.8 Å². The van der Waals surface area contributed by atoms with Gasteiger partial charge in [-0.3, -0.25) is 9.63 Å². The molecule has 2 rings (SSSR count). The molecule has 0 radical (unpaired) electrons. The van der Waals surface area contributed by atoms with Crippen LogP contribution < -0.4 is 5.32 Å². The van der Waals surface area contributed by atoms with Crippen molar-refractivity contribution in [1.29, 1.82) is 0 Å². The van der Waals surface area contributed by atoms with Crippen molar-refractivity contribution in [3.8, 4) is 0 Å². The fraction of sp³-hybridized carbons (Fsp3) is 0.944. The minimum absolute atomic E-state index is 0.119. The van der Waals surface area contributed by atoms with Gasteiger partial charge in [0.2, 0.25) is 0 Å². The van der Waals surface area contributed by atoms with Gasteiger partial charge >= 0.3 is 0 Å². The molecule has 2 fully saturated rings. The Morgan fingerprint density at radius 2 is 1.68 bits per heavy atom. The van der Waals surface area contributed by atoms with E-state index < -0.39 is 0 Å². The van der Waals surface area contributed by atoms with Crippen molar-refractivity contribution >= 4 is 5.78 Å². The van der Waals surface area contributed by atoms with Crippen LogP contribution in [0.5, 0.6) is 0 Å². The zero-order valence-electron chi connectivity index (χ0n) is 15.4. The van der Waals surface area contributed by atoms with Gasteiger partial charge in [-0.1, -0.05) is 20.8 Å². The standard InChI is InChI=1S/C18H34N2O2/c1-12(2)14-9-8-13(3)16(15(14)21)22-20-17(4,5)10-19-11-18(20,6)7/h12-14,16,19H,8-11H2,1-7H3/t13-,14+,16-/m1/s1. The third kappa shape index (κ3) is 3.39. The summed E-state index contributed by atoms with van der Waals surface area (Å²) < 4.78 is 0. The highest BCUT2D eigenvalue weighted by Gasteiger charge is 2.47. The Kier molecular flexibility index (Phi) is 5.06. The molecule has 4 nitrogen and oxygen atoms in total. The first-order chi connectivity index (χ1) is 10.1. The molecular weight excluding hydrogens is 276 g/mol. The fourth-order valence-corrected chi connectivity index (χ4v) is 4.08. The van der Waals surface area contributed by atoms with E-state index in [0.717, 1.165) is 25.9 Å². The lowest BCUT2D eigenvalue weighted by Crippen LogP contribution is -2.68. The van der Waals surface area contributed by atoms with E-state index >= 15 is 0 Å². The Morgan fingerprint density at radius 3 is 2.18 bits per heavy atom. The number of nitrogens with one attached hydrogen (secondary N) is 1. The molecule has 0 unspecified atom stereocenters. The van der Waals surface area contributed by atoms with Gasteiger partial charge in [-0.2, -0.15) is 5.06 Å². The second-order valence-electron chi connectivity index (χ2n) is 8.86. The van der Waals surface area contributed by atoms with Gasteiger partial charge in [0.1, 0.15) is 6.10 Å². The first-order valence-electron chi connectivity index (χ1n) is 8.78. The third-order valence-electron chi connectivity index (χ3n) is 5.33. The molecule has 1 aliphatic heterocycles. The van der Waals surface area contributed by atoms with Gasteiger partial charge in [-0.15, -0.1) is 0 Å². The van der Waals surface area contributed by atoms with Crippen LogP contribution in [0.25, 0.3) is 0 Å². The number of Topliss-reactive ketones (excluding diaryl/α,β-unsaturated/α-hetero) is 1. The second-order valence-corrected chi connectivity index (χ2v) is 8.86. The van der Waals surface area contributed by atoms with Crippen LogP contribution in [-0.2, 0) is 9.63 Å². The Hall–Kier alpha value is -0.450. The summed E-state index contributed by atoms with van der Waals surface area (Å²) in [4.78, 5) is 19.3. The fourth-order valence-electron chi connectivity index (χ4n) is 4.08. The second kappa shape index (κ2) is 6.21. The summed E-state index contributed by atoms with van der Waals surface area (Å²) in [6.45, 7) is 16.9. The number of hydrogen-bond acceptors (Lipinski definition) is 4. The molecule has 22 heavy (non-hydrogen) atoms. The number of nitrogens with zero attached hydrogens (tertiary/aromatic N) is 1. The van der Waals surface area contributed by atoms with Crippen molar-refractivity contribution in [2.75, 3.05) is 13.1 Å². The van der Waals surface area contributed by atoms with Gasteiger partial charge < -0.3 is 5.32 Å². The molecule has 1 saturated carbocycles. The summed E-state index contributed by atoms with van der Waals surface area (Å²) in [5.74, 6) is 1.15. The summed E-state index contributed by atoms with van der Waals surface area (Å²) in [7, 11) is 0. The topological polar surface area (TPSA) is 41.6 Å². The van der Waals surface area contributed by atoms with Gasteiger partial charge in [0, 0.05) is 19.0 Å². The van der Waals surface area contributed by atoms with Crippen molar-refractivity contribution in [2.45, 2.75) is 78.5 Å². The Morgan fingerprint density at radius 1 is 1.14 bits per heavy atom. The highest BCUT2D eigenvalue weighted by Crippen LogP contribution is 2.36. The monoisotopic (exact) mass is 310 g/mol. The molecule has 0 bridgehead atoms. The quantitative estimate of drug-likeness (QED) is 0.870. The molecule has 0 aromatic carbocycles. The van der Waals surface area contributed by atoms with Gasteiger partial charge in [-0.05, 0) is 52.4 Å². The molecule has 0 amide bonds. The van der Waals surface area contributed by atoms with Crippen molar-refractivity contribution in [1.82, 2.24) is 10.4 Å². The zero-order valence-corrected chi connectivity index (χ0v) is 15.4. The zero-order chi connectivity index (χ0) is 16.7. The van der Waals surface area contributed by atoms with E-state index in [1.807, 2.05) is 0 Å². The largest absolute Gasteiger partial charge is 0.313 e. The average Bonchev–Trinajstić information content (AvgIpc) is 2.35. The highest BCUT2D eigenvalue weighted by molar-refractivity contribution is 5.86. The lowest BCUT2D eigenvalue weighted by Gasteiger charge is -2.53. The van der Waals surface area contributed by atoms with Crippen molar-refractivity contribution in [3.63, 3.8) is 0 Å². The van der Waals surface area contributed by atoms with Crippen molar-refractivity contribution in [3.05, 3.63) is 0 Å². The molecule has 128 valence electrons. The Balaban J connectivity index is 2.20. The summed E-state index contributed by atoms with van der Waals surface area (Å²) in [5, 5.41) is 5.57. The SMILES string of the molecule is CC(C)[C@@H]1CC[C@@H](C)[C@@H](ON2C(C)(C)CNCC2(C)C)C1=O. The molecule has 4 heteroatoms. The van der Waals surface area contributed by atoms with Crippen LogP contribution in [0.3, 0.4) is 0 Å². The van der Waals surface area contributed by atoms with Gasteiger partial charge in [0.25, 0.3) is 0 Å². The van der Waals surface area contributed by atoms with Crippen LogP contribution in [0.4, 0.5) is 0 Å². The first kappa shape index (κ1) is 17.9. The van der Waals surface area contributed by atoms with E-state index in [-0.39, 0.29) is 23.1 Å². The lowest BCUT2D eigenvalue weighted by atomic mass is 9.75. The average molecular weight is 310 g/mol. The normalized spacial score (nSPS) is 35.8. The van der Waals surface area contributed by atoms with E-state index in [9.17, 15) is 4.79 Å². The molecular formula is C18H34N2O2. The van der Waals surface area contributed by atoms with Crippen LogP contribution >= 0.6 is 0 Å². The predicted octanol–water partition coefficient (Wildman–Crippen LogP) is 3.02. The lowest BCUT2D eigenvalue weighted by molar-refractivity contribution is -0.302. The maximum Gasteiger partial charge on any atom is 0.167 e. The van der Waals surface area contributed by atoms with Crippen LogP contribution in [0.15, 0.2) is 0 Å². The van der Waals surface area contributed by atoms with E-state index in [1.54, 1.807) is 0 Å². The van der Waals surface area contributed by atoms with Crippen LogP contribution in [0.2, 0.25) is 0 Å². The summed E-state index contributed by atoms with van der Waals surface area (Å²) in [5.41, 5.74) is -0.237. The Bertz CT molecular complexity index is 401.